The molecule has 1 aliphatic heterocycles. The smallest absolute Gasteiger partial charge is 0.416 e. The van der Waals surface area contributed by atoms with Gasteiger partial charge in [0.25, 0.3) is 5.56 Å². The fourth-order valence-electron chi connectivity index (χ4n) is 8.36. The third-order valence-corrected chi connectivity index (χ3v) is 11.1. The third kappa shape index (κ3) is 8.08. The lowest BCUT2D eigenvalue weighted by molar-refractivity contribution is -0.139. The maximum absolute atomic E-state index is 14.3. The largest absolute Gasteiger partial charge is 0.481 e. The van der Waals surface area contributed by atoms with Crippen LogP contribution in [0, 0.1) is 31.0 Å². The first-order valence-electron chi connectivity index (χ1n) is 18.0. The van der Waals surface area contributed by atoms with Gasteiger partial charge in [0.2, 0.25) is 5.91 Å². The number of benzene rings is 2. The van der Waals surface area contributed by atoms with Crippen LogP contribution >= 0.6 is 0 Å². The summed E-state index contributed by atoms with van der Waals surface area (Å²) in [5, 5.41) is 12.9. The molecule has 2 atom stereocenters. The summed E-state index contributed by atoms with van der Waals surface area (Å²) >= 11 is 0. The molecule has 0 radical (unpaired) electrons. The van der Waals surface area contributed by atoms with Gasteiger partial charge >= 0.3 is 12.1 Å². The molecule has 1 saturated carbocycles. The van der Waals surface area contributed by atoms with Gasteiger partial charge in [-0.15, -0.1) is 0 Å². The van der Waals surface area contributed by atoms with E-state index in [-0.39, 0.29) is 30.1 Å². The van der Waals surface area contributed by atoms with Crippen molar-refractivity contribution >= 4 is 11.9 Å². The molecule has 2 aliphatic carbocycles. The monoisotopic (exact) mass is 709 g/mol. The summed E-state index contributed by atoms with van der Waals surface area (Å²) in [6.07, 6.45) is 2.03. The average Bonchev–Trinajstić information content (AvgIpc) is 3.41. The van der Waals surface area contributed by atoms with Crippen LogP contribution < -0.4 is 10.9 Å². The van der Waals surface area contributed by atoms with Crippen LogP contribution in [-0.4, -0.2) is 46.1 Å². The molecular weight excluding hydrogens is 662 g/mol. The van der Waals surface area contributed by atoms with Crippen molar-refractivity contribution in [1.82, 2.24) is 14.8 Å². The second kappa shape index (κ2) is 14.2. The topological polar surface area (TPSA) is 91.6 Å². The predicted molar refractivity (Wildman–Crippen MR) is 187 cm³/mol. The number of nitrogens with zero attached hydrogens (tertiary/aromatic N) is 2. The Kier molecular flexibility index (Phi) is 10.2. The number of alkyl halides is 3. The Balaban J connectivity index is 1.35. The summed E-state index contributed by atoms with van der Waals surface area (Å²) in [6, 6.07) is 5.14. The van der Waals surface area contributed by atoms with Crippen molar-refractivity contribution in [2.45, 2.75) is 104 Å². The van der Waals surface area contributed by atoms with Gasteiger partial charge in [0.15, 0.2) is 0 Å². The molecule has 2 aromatic carbocycles. The van der Waals surface area contributed by atoms with E-state index in [1.807, 2.05) is 39.8 Å². The summed E-state index contributed by atoms with van der Waals surface area (Å²) in [7, 11) is 0. The van der Waals surface area contributed by atoms with Crippen LogP contribution in [0.3, 0.4) is 0 Å². The number of nitrogens with one attached hydrogen (secondary N) is 1. The molecule has 6 rings (SSSR count). The molecule has 3 aromatic rings. The first-order chi connectivity index (χ1) is 24.0. The molecule has 1 amide bonds. The van der Waals surface area contributed by atoms with Crippen LogP contribution in [-0.2, 0) is 35.0 Å². The number of rotatable bonds is 12. The molecule has 0 unspecified atom stereocenters. The predicted octanol–water partition coefficient (Wildman–Crippen LogP) is 7.73. The molecule has 1 spiro atoms. The number of amides is 1. The number of aryl methyl sites for hydroxylation is 3. The molecule has 7 nitrogen and oxygen atoms in total. The molecule has 0 bridgehead atoms. The van der Waals surface area contributed by atoms with Crippen LogP contribution in [0.1, 0.15) is 103 Å². The average molecular weight is 710 g/mol. The Labute approximate surface area is 296 Å². The molecular formula is C40H47F4N3O4. The molecule has 274 valence electrons. The van der Waals surface area contributed by atoms with E-state index < -0.39 is 47.7 Å². The molecule has 3 aliphatic rings. The van der Waals surface area contributed by atoms with Crippen molar-refractivity contribution in [2.75, 3.05) is 19.6 Å². The van der Waals surface area contributed by atoms with Gasteiger partial charge in [-0.2, -0.15) is 13.2 Å². The molecule has 2 N–H and O–H groups in total. The Morgan fingerprint density at radius 1 is 1.02 bits per heavy atom. The van der Waals surface area contributed by atoms with Gasteiger partial charge in [0.05, 0.1) is 18.0 Å². The lowest BCUT2D eigenvalue weighted by Gasteiger charge is -2.27. The van der Waals surface area contributed by atoms with Gasteiger partial charge in [-0.3, -0.25) is 14.4 Å². The van der Waals surface area contributed by atoms with Gasteiger partial charge in [0, 0.05) is 25.4 Å². The zero-order valence-corrected chi connectivity index (χ0v) is 29.8. The van der Waals surface area contributed by atoms with E-state index in [1.165, 1.54) is 18.3 Å². The van der Waals surface area contributed by atoms with Crippen LogP contribution in [0.25, 0.3) is 11.1 Å². The number of fused-ring (bicyclic) bond motifs is 1. The number of carboxylic acid groups (broad SMARTS) is 1. The lowest BCUT2D eigenvalue weighted by Crippen LogP contribution is -2.40. The first kappa shape index (κ1) is 36.8. The Bertz CT molecular complexity index is 1870. The van der Waals surface area contributed by atoms with E-state index in [9.17, 15) is 37.1 Å². The van der Waals surface area contributed by atoms with Gasteiger partial charge < -0.3 is 19.9 Å². The van der Waals surface area contributed by atoms with Crippen molar-refractivity contribution < 1.29 is 32.3 Å². The number of aliphatic carboxylic acids is 1. The van der Waals surface area contributed by atoms with Crippen LogP contribution in [0.2, 0.25) is 0 Å². The van der Waals surface area contributed by atoms with Crippen molar-refractivity contribution in [3.63, 3.8) is 0 Å². The van der Waals surface area contributed by atoms with Gasteiger partial charge in [0.1, 0.15) is 11.9 Å². The standard InChI is InChI=1S/C40H47F4N3O4/c1-23(2)14-34(47-21-27(32(19-35(47)48)40(42,43)44)8-12-46-13-11-39(22-46)9-10-39)38(51)45-33(20-36(49)50)28-17-26-6-5-7-30(26)31(18-28)37-24(3)15-29(41)16-25(37)4/h15-19,21,23,33-34H,5-14,20,22H2,1-4H3,(H,45,51)(H,49,50)/t33-,34-/m1/s1. The van der Waals surface area contributed by atoms with Crippen LogP contribution in [0.15, 0.2) is 41.3 Å². The second-order valence-electron chi connectivity index (χ2n) is 15.5. The highest BCUT2D eigenvalue weighted by molar-refractivity contribution is 5.82. The Morgan fingerprint density at radius 3 is 2.33 bits per heavy atom. The van der Waals surface area contributed by atoms with E-state index in [4.69, 9.17) is 0 Å². The minimum atomic E-state index is -4.74. The number of likely N-dealkylation sites (tertiary alicyclic amines) is 1. The Hall–Kier alpha value is -3.99. The molecule has 11 heteroatoms. The van der Waals surface area contributed by atoms with E-state index in [2.05, 4.69) is 10.2 Å². The van der Waals surface area contributed by atoms with Crippen LogP contribution in [0.4, 0.5) is 17.6 Å². The number of pyridine rings is 1. The van der Waals surface area contributed by atoms with Crippen LogP contribution in [0.5, 0.6) is 0 Å². The summed E-state index contributed by atoms with van der Waals surface area (Å²) < 4.78 is 58.1. The second-order valence-corrected chi connectivity index (χ2v) is 15.5. The van der Waals surface area contributed by atoms with E-state index in [1.54, 1.807) is 0 Å². The van der Waals surface area contributed by atoms with Crippen molar-refractivity contribution in [3.8, 4) is 11.1 Å². The van der Waals surface area contributed by atoms with E-state index in [0.29, 0.717) is 23.6 Å². The van der Waals surface area contributed by atoms with Crippen molar-refractivity contribution in [1.29, 1.82) is 0 Å². The van der Waals surface area contributed by atoms with Gasteiger partial charge in [-0.1, -0.05) is 19.9 Å². The maximum atomic E-state index is 14.3. The summed E-state index contributed by atoms with van der Waals surface area (Å²) in [4.78, 5) is 42.0. The lowest BCUT2D eigenvalue weighted by atomic mass is 9.87. The fourth-order valence-corrected chi connectivity index (χ4v) is 8.36. The maximum Gasteiger partial charge on any atom is 0.416 e. The number of aromatic nitrogens is 1. The number of hydrogen-bond donors (Lipinski definition) is 2. The van der Waals surface area contributed by atoms with Crippen molar-refractivity contribution in [2.24, 2.45) is 11.3 Å². The molecule has 51 heavy (non-hydrogen) atoms. The normalized spacial score (nSPS) is 17.9. The highest BCUT2D eigenvalue weighted by Crippen LogP contribution is 2.52. The zero-order valence-electron chi connectivity index (χ0n) is 29.8. The SMILES string of the molecule is Cc1cc(F)cc(C)c1-c1cc([C@@H](CC(=O)O)NC(=O)[C@@H](CC(C)C)n2cc(CCN3CCC4(CC4)C3)c(C(F)(F)F)cc2=O)cc2c1CCC2. The minimum absolute atomic E-state index is 0.0456. The molecule has 1 aromatic heterocycles. The fraction of sp³-hybridized carbons (Fsp3) is 0.525. The zero-order chi connectivity index (χ0) is 36.8. The van der Waals surface area contributed by atoms with Gasteiger partial charge in [-0.25, -0.2) is 4.39 Å². The third-order valence-electron chi connectivity index (χ3n) is 11.1. The number of halogens is 4. The van der Waals surface area contributed by atoms with Gasteiger partial charge in [-0.05, 0) is 146 Å². The number of carboxylic acids is 1. The summed E-state index contributed by atoms with van der Waals surface area (Å²) in [5.41, 5.74) is 4.25. The number of hydrogen-bond acceptors (Lipinski definition) is 4. The molecule has 2 fully saturated rings. The number of carbonyl (C=O) groups is 2. The minimum Gasteiger partial charge on any atom is -0.481 e. The highest BCUT2D eigenvalue weighted by Gasteiger charge is 2.47. The molecule has 1 saturated heterocycles. The first-order valence-corrected chi connectivity index (χ1v) is 18.0. The summed E-state index contributed by atoms with van der Waals surface area (Å²) in [6.45, 7) is 9.47. The summed E-state index contributed by atoms with van der Waals surface area (Å²) in [5.74, 6) is -2.26. The van der Waals surface area contributed by atoms with E-state index >= 15 is 0 Å². The number of carbonyl (C=O) groups excluding carboxylic acids is 1. The molecule has 2 heterocycles. The van der Waals surface area contributed by atoms with E-state index in [0.717, 1.165) is 89.6 Å². The highest BCUT2D eigenvalue weighted by atomic mass is 19.4. The quantitative estimate of drug-likeness (QED) is 0.188. The Morgan fingerprint density at radius 2 is 1.73 bits per heavy atom. The van der Waals surface area contributed by atoms with Crippen molar-refractivity contribution in [3.05, 3.63) is 91.6 Å².